The first-order chi connectivity index (χ1) is 7.77. The van der Waals surface area contributed by atoms with Crippen LogP contribution in [0.5, 0.6) is 5.75 Å². The van der Waals surface area contributed by atoms with Gasteiger partial charge in [0.2, 0.25) is 5.69 Å². The molecule has 3 heteroatoms. The Morgan fingerprint density at radius 2 is 1.56 bits per heavy atom. The van der Waals surface area contributed by atoms with Gasteiger partial charge in [-0.2, -0.15) is 4.74 Å². The number of hydrogen-bond acceptors (Lipinski definition) is 2. The molecule has 0 aliphatic heterocycles. The molecule has 16 heavy (non-hydrogen) atoms. The number of aromatic hydroxyl groups is 1. The van der Waals surface area contributed by atoms with E-state index in [1.807, 2.05) is 6.07 Å². The van der Waals surface area contributed by atoms with Gasteiger partial charge in [0.25, 0.3) is 0 Å². The third-order valence-electron chi connectivity index (χ3n) is 2.20. The van der Waals surface area contributed by atoms with Crippen LogP contribution >= 0.6 is 0 Å². The van der Waals surface area contributed by atoms with Gasteiger partial charge in [0.05, 0.1) is 5.56 Å². The Bertz CT molecular complexity index is 506. The fourth-order valence-electron chi connectivity index (χ4n) is 1.37. The van der Waals surface area contributed by atoms with Crippen molar-refractivity contribution in [3.63, 3.8) is 0 Å². The Hall–Kier alpha value is -2.29. The van der Waals surface area contributed by atoms with Crippen LogP contribution in [0.15, 0.2) is 54.6 Å². The average molecular weight is 213 g/mol. The first-order valence-corrected chi connectivity index (χ1v) is 4.91. The standard InChI is InChI=1S/C13H11NO2/c15-13-9-5-4-6-11(13)10-14(16)12-7-2-1-3-8-12/h1-10,15H. The minimum Gasteiger partial charge on any atom is -0.618 e. The molecule has 0 unspecified atom stereocenters. The topological polar surface area (TPSA) is 46.3 Å². The third-order valence-corrected chi connectivity index (χ3v) is 2.20. The molecule has 0 aliphatic carbocycles. The second-order valence-corrected chi connectivity index (χ2v) is 3.35. The van der Waals surface area contributed by atoms with Crippen LogP contribution in [0.4, 0.5) is 5.69 Å². The van der Waals surface area contributed by atoms with E-state index in [1.165, 1.54) is 6.21 Å². The summed E-state index contributed by atoms with van der Waals surface area (Å²) in [6.07, 6.45) is 1.35. The first kappa shape index (κ1) is 10.2. The molecule has 0 heterocycles. The van der Waals surface area contributed by atoms with Crippen molar-refractivity contribution in [1.29, 1.82) is 0 Å². The smallest absolute Gasteiger partial charge is 0.216 e. The summed E-state index contributed by atoms with van der Waals surface area (Å²) >= 11 is 0. The summed E-state index contributed by atoms with van der Waals surface area (Å²) in [5, 5.41) is 21.2. The van der Waals surface area contributed by atoms with Gasteiger partial charge in [0.15, 0.2) is 6.21 Å². The predicted molar refractivity (Wildman–Crippen MR) is 63.0 cm³/mol. The minimum atomic E-state index is 0.0966. The lowest BCUT2D eigenvalue weighted by molar-refractivity contribution is -0.354. The highest BCUT2D eigenvalue weighted by Gasteiger charge is 2.03. The molecule has 0 saturated carbocycles. The van der Waals surface area contributed by atoms with Crippen molar-refractivity contribution < 1.29 is 9.85 Å². The summed E-state index contributed by atoms with van der Waals surface area (Å²) in [7, 11) is 0. The summed E-state index contributed by atoms with van der Waals surface area (Å²) in [5.74, 6) is 0.0966. The van der Waals surface area contributed by atoms with Gasteiger partial charge >= 0.3 is 0 Å². The van der Waals surface area contributed by atoms with Gasteiger partial charge in [0.1, 0.15) is 5.75 Å². The highest BCUT2D eigenvalue weighted by Crippen LogP contribution is 2.15. The van der Waals surface area contributed by atoms with Gasteiger partial charge in [-0.1, -0.05) is 30.3 Å². The van der Waals surface area contributed by atoms with Crippen LogP contribution in [0.1, 0.15) is 5.56 Å². The van der Waals surface area contributed by atoms with Gasteiger partial charge in [0, 0.05) is 12.1 Å². The van der Waals surface area contributed by atoms with Crippen LogP contribution < -0.4 is 0 Å². The van der Waals surface area contributed by atoms with E-state index in [0.717, 1.165) is 4.74 Å². The normalized spacial score (nSPS) is 11.4. The first-order valence-electron chi connectivity index (χ1n) is 4.91. The van der Waals surface area contributed by atoms with Gasteiger partial charge in [-0.15, -0.1) is 0 Å². The highest BCUT2D eigenvalue weighted by atomic mass is 16.5. The predicted octanol–water partition coefficient (Wildman–Crippen LogP) is 2.65. The molecular weight excluding hydrogens is 202 g/mol. The van der Waals surface area contributed by atoms with E-state index < -0.39 is 0 Å². The molecule has 2 aromatic carbocycles. The van der Waals surface area contributed by atoms with Crippen LogP contribution in [0.2, 0.25) is 0 Å². The Morgan fingerprint density at radius 1 is 0.938 bits per heavy atom. The average Bonchev–Trinajstić information content (AvgIpc) is 2.33. The van der Waals surface area contributed by atoms with Crippen LogP contribution in [-0.2, 0) is 0 Å². The zero-order valence-electron chi connectivity index (χ0n) is 8.58. The second kappa shape index (κ2) is 4.49. The Morgan fingerprint density at radius 3 is 2.25 bits per heavy atom. The molecule has 0 radical (unpaired) electrons. The molecule has 0 fully saturated rings. The van der Waals surface area contributed by atoms with E-state index in [0.29, 0.717) is 11.3 Å². The largest absolute Gasteiger partial charge is 0.618 e. The number of phenolic OH excluding ortho intramolecular Hbond substituents is 1. The molecule has 2 rings (SSSR count). The van der Waals surface area contributed by atoms with E-state index in [4.69, 9.17) is 0 Å². The van der Waals surface area contributed by atoms with E-state index in [-0.39, 0.29) is 5.75 Å². The number of benzene rings is 2. The molecule has 1 N–H and O–H groups in total. The zero-order valence-corrected chi connectivity index (χ0v) is 8.58. The third kappa shape index (κ3) is 2.20. The lowest BCUT2D eigenvalue weighted by Gasteiger charge is -2.03. The number of hydrogen-bond donors (Lipinski definition) is 1. The maximum atomic E-state index is 11.7. The molecule has 0 spiro atoms. The molecular formula is C13H11NO2. The molecule has 0 amide bonds. The van der Waals surface area contributed by atoms with Crippen molar-refractivity contribution >= 4 is 11.9 Å². The number of rotatable bonds is 2. The maximum absolute atomic E-state index is 11.7. The fraction of sp³-hybridized carbons (Fsp3) is 0. The SMILES string of the molecule is [O-][N+](=Cc1ccccc1O)c1ccccc1. The summed E-state index contributed by atoms with van der Waals surface area (Å²) in [6, 6.07) is 15.6. The van der Waals surface area contributed by atoms with Gasteiger partial charge in [-0.05, 0) is 12.1 Å². The number of nitrogens with zero attached hydrogens (tertiary/aromatic N) is 1. The van der Waals surface area contributed by atoms with Crippen molar-refractivity contribution in [2.75, 3.05) is 0 Å². The van der Waals surface area contributed by atoms with E-state index in [2.05, 4.69) is 0 Å². The van der Waals surface area contributed by atoms with Crippen LogP contribution in [0, 0.1) is 5.21 Å². The Kier molecular flexibility index (Phi) is 2.87. The van der Waals surface area contributed by atoms with Crippen molar-refractivity contribution in [3.8, 4) is 5.75 Å². The quantitative estimate of drug-likeness (QED) is 0.361. The summed E-state index contributed by atoms with van der Waals surface area (Å²) in [5.41, 5.74) is 1.03. The van der Waals surface area contributed by atoms with Gasteiger partial charge in [-0.25, -0.2) is 0 Å². The van der Waals surface area contributed by atoms with Gasteiger partial charge in [-0.3, -0.25) is 0 Å². The van der Waals surface area contributed by atoms with Crippen molar-refractivity contribution in [3.05, 3.63) is 65.4 Å². The lowest BCUT2D eigenvalue weighted by atomic mass is 10.2. The van der Waals surface area contributed by atoms with E-state index in [1.54, 1.807) is 48.5 Å². The molecule has 0 bridgehead atoms. The summed E-state index contributed by atoms with van der Waals surface area (Å²) in [4.78, 5) is 0. The zero-order chi connectivity index (χ0) is 11.4. The Labute approximate surface area is 93.5 Å². The van der Waals surface area contributed by atoms with Crippen LogP contribution in [0.3, 0.4) is 0 Å². The van der Waals surface area contributed by atoms with Gasteiger partial charge < -0.3 is 10.3 Å². The number of phenols is 1. The van der Waals surface area contributed by atoms with Crippen molar-refractivity contribution in [2.24, 2.45) is 0 Å². The maximum Gasteiger partial charge on any atom is 0.216 e. The summed E-state index contributed by atoms with van der Waals surface area (Å²) in [6.45, 7) is 0. The number of para-hydroxylation sites is 2. The van der Waals surface area contributed by atoms with Crippen LogP contribution in [0.25, 0.3) is 0 Å². The lowest BCUT2D eigenvalue weighted by Crippen LogP contribution is -1.98. The second-order valence-electron chi connectivity index (χ2n) is 3.35. The molecule has 80 valence electrons. The summed E-state index contributed by atoms with van der Waals surface area (Å²) < 4.78 is 0.731. The minimum absolute atomic E-state index is 0.0966. The van der Waals surface area contributed by atoms with E-state index in [9.17, 15) is 10.3 Å². The van der Waals surface area contributed by atoms with Crippen LogP contribution in [-0.4, -0.2) is 16.1 Å². The highest BCUT2D eigenvalue weighted by molar-refractivity contribution is 5.80. The molecule has 3 nitrogen and oxygen atoms in total. The molecule has 0 saturated heterocycles. The molecule has 0 atom stereocenters. The molecule has 2 aromatic rings. The molecule has 0 aromatic heterocycles. The van der Waals surface area contributed by atoms with Crippen molar-refractivity contribution in [1.82, 2.24) is 0 Å². The Balaban J connectivity index is 2.36. The molecule has 0 aliphatic rings. The monoisotopic (exact) mass is 213 g/mol. The van der Waals surface area contributed by atoms with Crippen molar-refractivity contribution in [2.45, 2.75) is 0 Å². The fourth-order valence-corrected chi connectivity index (χ4v) is 1.37. The van der Waals surface area contributed by atoms with E-state index >= 15 is 0 Å².